The van der Waals surface area contributed by atoms with Crippen molar-refractivity contribution in [2.45, 2.75) is 47.5 Å². The van der Waals surface area contributed by atoms with Crippen LogP contribution >= 0.6 is 0 Å². The predicted octanol–water partition coefficient (Wildman–Crippen LogP) is 5.35. The van der Waals surface area contributed by atoms with Crippen LogP contribution in [0, 0.1) is 19.3 Å². The van der Waals surface area contributed by atoms with E-state index in [1.807, 2.05) is 31.2 Å². The Morgan fingerprint density at radius 1 is 1.13 bits per heavy atom. The highest BCUT2D eigenvalue weighted by atomic mass is 16.5. The highest BCUT2D eigenvalue weighted by Crippen LogP contribution is 2.41. The lowest BCUT2D eigenvalue weighted by atomic mass is 9.73. The number of Topliss-reactive ketones (excluding diaryl/α,β-unsaturated/α-hetero) is 1. The smallest absolute Gasteiger partial charge is 0.340 e. The molecule has 2 aromatic heterocycles. The fraction of sp³-hybridized carbons (Fsp3) is 0.360. The Morgan fingerprint density at radius 3 is 2.52 bits per heavy atom. The number of carbonyl (C=O) groups excluding carboxylic acids is 2. The number of carbonyl (C=O) groups is 2. The van der Waals surface area contributed by atoms with Gasteiger partial charge in [0.15, 0.2) is 11.5 Å². The average molecular weight is 418 g/mol. The number of aryl methyl sites for hydroxylation is 2. The fourth-order valence-corrected chi connectivity index (χ4v) is 4.19. The third-order valence-corrected chi connectivity index (χ3v) is 5.60. The van der Waals surface area contributed by atoms with Crippen LogP contribution in [0.4, 0.5) is 0 Å². The molecule has 1 aliphatic carbocycles. The van der Waals surface area contributed by atoms with E-state index in [2.05, 4.69) is 24.0 Å². The molecular weight excluding hydrogens is 392 g/mol. The van der Waals surface area contributed by atoms with E-state index in [1.54, 1.807) is 19.9 Å². The van der Waals surface area contributed by atoms with E-state index < -0.39 is 5.97 Å². The zero-order chi connectivity index (χ0) is 22.3. The van der Waals surface area contributed by atoms with Gasteiger partial charge in [-0.1, -0.05) is 48.8 Å². The van der Waals surface area contributed by atoms with Gasteiger partial charge in [-0.25, -0.2) is 4.79 Å². The van der Waals surface area contributed by atoms with Crippen molar-refractivity contribution in [2.24, 2.45) is 5.41 Å². The molecule has 160 valence electrons. The van der Waals surface area contributed by atoms with E-state index in [1.165, 1.54) is 0 Å². The molecule has 0 unspecified atom stereocenters. The Morgan fingerprint density at radius 2 is 1.84 bits per heavy atom. The van der Waals surface area contributed by atoms with Crippen LogP contribution in [0.15, 0.2) is 34.9 Å². The van der Waals surface area contributed by atoms with Crippen LogP contribution < -0.4 is 0 Å². The van der Waals surface area contributed by atoms with Gasteiger partial charge in [-0.2, -0.15) is 0 Å². The lowest BCUT2D eigenvalue weighted by Crippen LogP contribution is -2.30. The molecular formula is C25H26N2O4. The molecule has 4 rings (SSSR count). The monoisotopic (exact) mass is 418 g/mol. The maximum atomic E-state index is 13.2. The van der Waals surface area contributed by atoms with Crippen molar-refractivity contribution >= 4 is 11.8 Å². The molecule has 2 heterocycles. The molecule has 0 amide bonds. The Hall–Kier alpha value is -3.28. The van der Waals surface area contributed by atoms with Gasteiger partial charge >= 0.3 is 5.97 Å². The van der Waals surface area contributed by atoms with Crippen LogP contribution in [-0.4, -0.2) is 28.5 Å². The summed E-state index contributed by atoms with van der Waals surface area (Å²) in [5.74, 6) is 0.0126. The van der Waals surface area contributed by atoms with Gasteiger partial charge in [-0.15, -0.1) is 0 Å². The molecule has 1 aliphatic rings. The first-order valence-corrected chi connectivity index (χ1v) is 10.5. The third kappa shape index (κ3) is 3.90. The van der Waals surface area contributed by atoms with Crippen molar-refractivity contribution in [2.75, 3.05) is 6.61 Å². The van der Waals surface area contributed by atoms with Gasteiger partial charge in [0.25, 0.3) is 0 Å². The van der Waals surface area contributed by atoms with E-state index in [0.717, 1.165) is 11.1 Å². The minimum Gasteiger partial charge on any atom is -0.462 e. The summed E-state index contributed by atoms with van der Waals surface area (Å²) in [5, 5.41) is 4.25. The molecule has 0 spiro atoms. The van der Waals surface area contributed by atoms with E-state index in [4.69, 9.17) is 9.26 Å². The Kier molecular flexibility index (Phi) is 5.25. The summed E-state index contributed by atoms with van der Waals surface area (Å²) in [6, 6.07) is 9.66. The van der Waals surface area contributed by atoms with Crippen LogP contribution in [0.25, 0.3) is 22.6 Å². The van der Waals surface area contributed by atoms with Gasteiger partial charge in [0.05, 0.1) is 23.6 Å². The number of nitrogens with zero attached hydrogens (tertiary/aromatic N) is 2. The predicted molar refractivity (Wildman–Crippen MR) is 117 cm³/mol. The lowest BCUT2D eigenvalue weighted by Gasteiger charge is -2.31. The number of aromatic nitrogens is 2. The van der Waals surface area contributed by atoms with E-state index >= 15 is 0 Å². The average Bonchev–Trinajstić information content (AvgIpc) is 3.16. The first kappa shape index (κ1) is 21.0. The molecule has 1 aromatic carbocycles. The quantitative estimate of drug-likeness (QED) is 0.531. The van der Waals surface area contributed by atoms with Gasteiger partial charge in [-0.05, 0) is 32.6 Å². The van der Waals surface area contributed by atoms with Gasteiger partial charge in [-0.3, -0.25) is 9.78 Å². The fourth-order valence-electron chi connectivity index (χ4n) is 4.19. The SMILES string of the molecule is CCOC(=O)c1c(C)nc2c(c1-c1cc(-c3ccc(C)cc3)on1)C(=O)CC(C)(C)C2. The van der Waals surface area contributed by atoms with E-state index in [-0.39, 0.29) is 23.4 Å². The second kappa shape index (κ2) is 7.76. The van der Waals surface area contributed by atoms with Gasteiger partial charge < -0.3 is 9.26 Å². The number of pyridine rings is 1. The number of benzene rings is 1. The largest absolute Gasteiger partial charge is 0.462 e. The summed E-state index contributed by atoms with van der Waals surface area (Å²) in [6.07, 6.45) is 1.02. The highest BCUT2D eigenvalue weighted by Gasteiger charge is 2.37. The van der Waals surface area contributed by atoms with Gasteiger partial charge in [0.2, 0.25) is 0 Å². The lowest BCUT2D eigenvalue weighted by molar-refractivity contribution is 0.0525. The molecule has 3 aromatic rings. The molecule has 0 saturated heterocycles. The third-order valence-electron chi connectivity index (χ3n) is 5.60. The number of rotatable bonds is 4. The molecule has 0 bridgehead atoms. The Balaban J connectivity index is 1.94. The summed E-state index contributed by atoms with van der Waals surface area (Å²) in [5.41, 5.74) is 4.67. The number of fused-ring (bicyclic) bond motifs is 1. The summed E-state index contributed by atoms with van der Waals surface area (Å²) in [6.45, 7) is 9.86. The van der Waals surface area contributed by atoms with Crippen molar-refractivity contribution in [1.82, 2.24) is 10.1 Å². The van der Waals surface area contributed by atoms with Crippen molar-refractivity contribution in [3.8, 4) is 22.6 Å². The van der Waals surface area contributed by atoms with Crippen molar-refractivity contribution in [3.05, 3.63) is 58.4 Å². The normalized spacial score (nSPS) is 14.9. The topological polar surface area (TPSA) is 82.3 Å². The number of hydrogen-bond acceptors (Lipinski definition) is 6. The van der Waals surface area contributed by atoms with Gasteiger partial charge in [0.1, 0.15) is 5.69 Å². The molecule has 0 radical (unpaired) electrons. The van der Waals surface area contributed by atoms with Crippen LogP contribution in [0.5, 0.6) is 0 Å². The molecule has 6 nitrogen and oxygen atoms in total. The number of ether oxygens (including phenoxy) is 1. The summed E-state index contributed by atoms with van der Waals surface area (Å²) in [4.78, 5) is 30.7. The molecule has 0 aliphatic heterocycles. The number of hydrogen-bond donors (Lipinski definition) is 0. The second-order valence-corrected chi connectivity index (χ2v) is 8.87. The van der Waals surface area contributed by atoms with Gasteiger partial charge in [0, 0.05) is 29.2 Å². The minimum absolute atomic E-state index is 0.0424. The molecule has 0 fully saturated rings. The van der Waals surface area contributed by atoms with Crippen LogP contribution in [0.3, 0.4) is 0 Å². The number of ketones is 1. The van der Waals surface area contributed by atoms with Crippen molar-refractivity contribution < 1.29 is 18.8 Å². The minimum atomic E-state index is -0.511. The molecule has 31 heavy (non-hydrogen) atoms. The molecule has 0 N–H and O–H groups in total. The van der Waals surface area contributed by atoms with Crippen LogP contribution in [0.2, 0.25) is 0 Å². The first-order valence-electron chi connectivity index (χ1n) is 10.5. The zero-order valence-corrected chi connectivity index (χ0v) is 18.5. The van der Waals surface area contributed by atoms with E-state index in [9.17, 15) is 9.59 Å². The maximum Gasteiger partial charge on any atom is 0.340 e. The Bertz CT molecular complexity index is 1170. The van der Waals surface area contributed by atoms with Crippen molar-refractivity contribution in [1.29, 1.82) is 0 Å². The van der Waals surface area contributed by atoms with Crippen molar-refractivity contribution in [3.63, 3.8) is 0 Å². The van der Waals surface area contributed by atoms with Crippen LogP contribution in [-0.2, 0) is 11.2 Å². The van der Waals surface area contributed by atoms with Crippen LogP contribution in [0.1, 0.15) is 64.9 Å². The summed E-state index contributed by atoms with van der Waals surface area (Å²) < 4.78 is 10.9. The standard InChI is InChI=1S/C25H26N2O4/c1-6-30-24(29)21-15(3)26-18-12-25(4,5)13-19(28)22(18)23(21)17-11-20(31-27-17)16-9-7-14(2)8-10-16/h7-11H,6,12-13H2,1-5H3. The first-order chi connectivity index (χ1) is 14.7. The summed E-state index contributed by atoms with van der Waals surface area (Å²) in [7, 11) is 0. The second-order valence-electron chi connectivity index (χ2n) is 8.87. The molecule has 0 atom stereocenters. The zero-order valence-electron chi connectivity index (χ0n) is 18.5. The number of esters is 1. The molecule has 0 saturated carbocycles. The molecule has 6 heteroatoms. The summed E-state index contributed by atoms with van der Waals surface area (Å²) >= 11 is 0. The highest BCUT2D eigenvalue weighted by molar-refractivity contribution is 6.10. The Labute approximate surface area is 181 Å². The van der Waals surface area contributed by atoms with E-state index in [0.29, 0.717) is 46.8 Å². The maximum absolute atomic E-state index is 13.2.